The molecular weight excluding hydrogens is 330 g/mol. The molecule has 0 bridgehead atoms. The van der Waals surface area contributed by atoms with E-state index in [4.69, 9.17) is 0 Å². The van der Waals surface area contributed by atoms with Crippen LogP contribution in [0.25, 0.3) is 0 Å². The van der Waals surface area contributed by atoms with Crippen LogP contribution in [0.4, 0.5) is 0 Å². The number of hydrogen-bond acceptors (Lipinski definition) is 2. The van der Waals surface area contributed by atoms with Gasteiger partial charge in [0.1, 0.15) is 0 Å². The fourth-order valence-electron chi connectivity index (χ4n) is 2.31. The van der Waals surface area contributed by atoms with Crippen molar-refractivity contribution in [3.8, 4) is 0 Å². The summed E-state index contributed by atoms with van der Waals surface area (Å²) in [5, 5.41) is 3.59. The summed E-state index contributed by atoms with van der Waals surface area (Å²) in [4.78, 5) is 1.46. The summed E-state index contributed by atoms with van der Waals surface area (Å²) in [6.07, 6.45) is 2.28. The van der Waals surface area contributed by atoms with Crippen molar-refractivity contribution in [2.24, 2.45) is 5.92 Å². The van der Waals surface area contributed by atoms with Gasteiger partial charge in [0.25, 0.3) is 0 Å². The molecule has 0 aliphatic rings. The largest absolute Gasteiger partial charge is 0.314 e. The zero-order chi connectivity index (χ0) is 14.4. The van der Waals surface area contributed by atoms with Crippen LogP contribution in [0, 0.1) is 5.92 Å². The van der Waals surface area contributed by atoms with E-state index in [0.717, 1.165) is 19.4 Å². The molecule has 0 saturated carbocycles. The molecular formula is C17H22BrNS. The average molecular weight is 352 g/mol. The first kappa shape index (κ1) is 15.7. The summed E-state index contributed by atoms with van der Waals surface area (Å²) >= 11 is 5.40. The van der Waals surface area contributed by atoms with Crippen LogP contribution in [0.1, 0.15) is 24.3 Å². The number of thiophene rings is 1. The van der Waals surface area contributed by atoms with Gasteiger partial charge in [-0.25, -0.2) is 0 Å². The Kier molecular flexibility index (Phi) is 6.27. The Morgan fingerprint density at radius 2 is 1.80 bits per heavy atom. The molecule has 1 unspecified atom stereocenters. The first-order valence-corrected chi connectivity index (χ1v) is 8.76. The highest BCUT2D eigenvalue weighted by Gasteiger charge is 2.12. The molecule has 0 saturated heterocycles. The number of benzene rings is 1. The van der Waals surface area contributed by atoms with Crippen molar-refractivity contribution in [3.05, 3.63) is 56.7 Å². The van der Waals surface area contributed by atoms with E-state index in [1.54, 1.807) is 0 Å². The van der Waals surface area contributed by atoms with Crippen molar-refractivity contribution in [1.29, 1.82) is 0 Å². The van der Waals surface area contributed by atoms with Crippen molar-refractivity contribution in [3.63, 3.8) is 0 Å². The molecule has 0 amide bonds. The maximum atomic E-state index is 3.59. The molecule has 3 heteroatoms. The van der Waals surface area contributed by atoms with Crippen LogP contribution >= 0.6 is 27.3 Å². The lowest BCUT2D eigenvalue weighted by atomic mass is 9.95. The Labute approximate surface area is 134 Å². The van der Waals surface area contributed by atoms with E-state index in [0.29, 0.717) is 12.0 Å². The van der Waals surface area contributed by atoms with Gasteiger partial charge in [-0.15, -0.1) is 11.3 Å². The van der Waals surface area contributed by atoms with Gasteiger partial charge in [-0.3, -0.25) is 0 Å². The molecule has 1 aromatic heterocycles. The predicted molar refractivity (Wildman–Crippen MR) is 92.5 cm³/mol. The van der Waals surface area contributed by atoms with Gasteiger partial charge in [0.15, 0.2) is 0 Å². The third-order valence-electron chi connectivity index (χ3n) is 3.30. The van der Waals surface area contributed by atoms with Crippen molar-refractivity contribution in [2.75, 3.05) is 6.54 Å². The second-order valence-corrected chi connectivity index (χ2v) is 8.08. The van der Waals surface area contributed by atoms with E-state index in [1.165, 1.54) is 14.2 Å². The zero-order valence-corrected chi connectivity index (χ0v) is 14.5. The number of nitrogens with one attached hydrogen (secondary N) is 1. The molecule has 1 atom stereocenters. The molecule has 1 nitrogen and oxygen atoms in total. The molecule has 108 valence electrons. The summed E-state index contributed by atoms with van der Waals surface area (Å²) in [5.41, 5.74) is 1.43. The summed E-state index contributed by atoms with van der Waals surface area (Å²) in [7, 11) is 0. The van der Waals surface area contributed by atoms with Crippen LogP contribution in [0.15, 0.2) is 46.3 Å². The molecule has 2 rings (SSSR count). The maximum absolute atomic E-state index is 3.59. The van der Waals surface area contributed by atoms with E-state index >= 15 is 0 Å². The molecule has 0 aliphatic carbocycles. The summed E-state index contributed by atoms with van der Waals surface area (Å²) < 4.78 is 1.22. The molecule has 0 radical (unpaired) electrons. The third kappa shape index (κ3) is 5.39. The van der Waals surface area contributed by atoms with E-state index in [-0.39, 0.29) is 0 Å². The highest BCUT2D eigenvalue weighted by atomic mass is 79.9. The van der Waals surface area contributed by atoms with Crippen LogP contribution in [-0.2, 0) is 12.8 Å². The maximum Gasteiger partial charge on any atom is 0.0701 e. The predicted octanol–water partition coefficient (Wildman–Crippen LogP) is 4.91. The molecule has 20 heavy (non-hydrogen) atoms. The lowest BCUT2D eigenvalue weighted by Gasteiger charge is -2.19. The Hall–Kier alpha value is -0.640. The Morgan fingerprint density at radius 3 is 2.40 bits per heavy atom. The van der Waals surface area contributed by atoms with E-state index in [9.17, 15) is 0 Å². The summed E-state index contributed by atoms with van der Waals surface area (Å²) in [5.74, 6) is 0.644. The van der Waals surface area contributed by atoms with Gasteiger partial charge >= 0.3 is 0 Å². The second-order valence-electron chi connectivity index (χ2n) is 5.53. The van der Waals surface area contributed by atoms with Crippen LogP contribution in [0.5, 0.6) is 0 Å². The van der Waals surface area contributed by atoms with E-state index in [2.05, 4.69) is 77.6 Å². The first-order chi connectivity index (χ1) is 9.63. The van der Waals surface area contributed by atoms with Gasteiger partial charge in [0.2, 0.25) is 0 Å². The minimum atomic E-state index is 0.545. The molecule has 0 spiro atoms. The Balaban J connectivity index is 2.00. The number of halogens is 1. The lowest BCUT2D eigenvalue weighted by molar-refractivity contribution is 0.446. The second kappa shape index (κ2) is 7.96. The van der Waals surface area contributed by atoms with E-state index in [1.807, 2.05) is 11.3 Å². The number of hydrogen-bond donors (Lipinski definition) is 1. The van der Waals surface area contributed by atoms with Crippen LogP contribution < -0.4 is 5.32 Å². The minimum Gasteiger partial charge on any atom is -0.314 e. The minimum absolute atomic E-state index is 0.545. The van der Waals surface area contributed by atoms with Crippen molar-refractivity contribution in [1.82, 2.24) is 5.32 Å². The SMILES string of the molecule is CC(C)NCC(Cc1ccccc1)Cc1ccc(Br)s1. The first-order valence-electron chi connectivity index (χ1n) is 7.15. The van der Waals surface area contributed by atoms with Gasteiger partial charge < -0.3 is 5.32 Å². The van der Waals surface area contributed by atoms with Crippen LogP contribution in [0.3, 0.4) is 0 Å². The van der Waals surface area contributed by atoms with Gasteiger partial charge in [-0.1, -0.05) is 44.2 Å². The van der Waals surface area contributed by atoms with Crippen molar-refractivity contribution < 1.29 is 0 Å². The van der Waals surface area contributed by atoms with Crippen LogP contribution in [-0.4, -0.2) is 12.6 Å². The normalized spacial score (nSPS) is 12.8. The molecule has 0 aliphatic heterocycles. The fourth-order valence-corrected chi connectivity index (χ4v) is 3.91. The Morgan fingerprint density at radius 1 is 1.05 bits per heavy atom. The monoisotopic (exact) mass is 351 g/mol. The summed E-state index contributed by atoms with van der Waals surface area (Å²) in [6.45, 7) is 5.49. The molecule has 1 heterocycles. The third-order valence-corrected chi connectivity index (χ3v) is 4.95. The topological polar surface area (TPSA) is 12.0 Å². The van der Waals surface area contributed by atoms with Crippen molar-refractivity contribution in [2.45, 2.75) is 32.7 Å². The van der Waals surface area contributed by atoms with Crippen molar-refractivity contribution >= 4 is 27.3 Å². The molecule has 2 aromatic rings. The smallest absolute Gasteiger partial charge is 0.0701 e. The quantitative estimate of drug-likeness (QED) is 0.747. The molecule has 0 fully saturated rings. The fraction of sp³-hybridized carbons (Fsp3) is 0.412. The average Bonchev–Trinajstić information content (AvgIpc) is 2.82. The molecule has 1 aromatic carbocycles. The highest BCUT2D eigenvalue weighted by molar-refractivity contribution is 9.11. The summed E-state index contributed by atoms with van der Waals surface area (Å²) in [6, 6.07) is 15.7. The van der Waals surface area contributed by atoms with Crippen LogP contribution in [0.2, 0.25) is 0 Å². The zero-order valence-electron chi connectivity index (χ0n) is 12.1. The van der Waals surface area contributed by atoms with Gasteiger partial charge in [-0.05, 0) is 58.9 Å². The highest BCUT2D eigenvalue weighted by Crippen LogP contribution is 2.25. The lowest BCUT2D eigenvalue weighted by Crippen LogP contribution is -2.30. The van der Waals surface area contributed by atoms with Gasteiger partial charge in [-0.2, -0.15) is 0 Å². The Bertz CT molecular complexity index is 507. The standard InChI is InChI=1S/C17H22BrNS/c1-13(2)19-12-15(10-14-6-4-3-5-7-14)11-16-8-9-17(18)20-16/h3-9,13,15,19H,10-12H2,1-2H3. The van der Waals surface area contributed by atoms with Gasteiger partial charge in [0, 0.05) is 10.9 Å². The van der Waals surface area contributed by atoms with E-state index < -0.39 is 0 Å². The molecule has 1 N–H and O–H groups in total. The van der Waals surface area contributed by atoms with Gasteiger partial charge in [0.05, 0.1) is 3.79 Å². The number of rotatable bonds is 7.